The molecule has 0 aromatic heterocycles. The van der Waals surface area contributed by atoms with Gasteiger partial charge in [-0.15, -0.1) is 0 Å². The molecular weight excluding hydrogens is 160 g/mol. The van der Waals surface area contributed by atoms with Crippen LogP contribution in [0.2, 0.25) is 0 Å². The third-order valence-electron chi connectivity index (χ3n) is 2.05. The first-order valence-corrected chi connectivity index (χ1v) is 5.26. The van der Waals surface area contributed by atoms with E-state index in [0.717, 1.165) is 32.1 Å². The second-order valence-corrected chi connectivity index (χ2v) is 3.39. The zero-order valence-corrected chi connectivity index (χ0v) is 8.71. The summed E-state index contributed by atoms with van der Waals surface area (Å²) < 4.78 is 0. The molecule has 0 aliphatic rings. The molecule has 0 radical (unpaired) electrons. The summed E-state index contributed by atoms with van der Waals surface area (Å²) >= 11 is 0. The Morgan fingerprint density at radius 2 is 2.08 bits per heavy atom. The molecule has 0 aromatic rings. The van der Waals surface area contributed by atoms with Crippen LogP contribution in [0.25, 0.3) is 0 Å². The molecule has 1 heteroatoms. The number of allylic oxidation sites excluding steroid dienone is 3. The lowest BCUT2D eigenvalue weighted by Gasteiger charge is -2.07. The molecule has 0 aliphatic heterocycles. The number of aliphatic hydroxyl groups is 1. The van der Waals surface area contributed by atoms with Crippen LogP contribution in [-0.2, 0) is 0 Å². The fourth-order valence-corrected chi connectivity index (χ4v) is 1.31. The molecule has 1 nitrogen and oxygen atoms in total. The van der Waals surface area contributed by atoms with Gasteiger partial charge in [0.25, 0.3) is 0 Å². The smallest absolute Gasteiger partial charge is 0.0540 e. The zero-order chi connectivity index (χ0) is 9.94. The van der Waals surface area contributed by atoms with E-state index in [1.165, 1.54) is 6.42 Å². The minimum atomic E-state index is -0.0756. The van der Waals surface area contributed by atoms with Crippen molar-refractivity contribution in [2.24, 2.45) is 0 Å². The Hall–Kier alpha value is -0.560. The van der Waals surface area contributed by atoms with Crippen molar-refractivity contribution < 1.29 is 5.11 Å². The SMILES string of the molecule is C=C/C=C/CCCCC(O)CCC. The normalized spacial score (nSPS) is 13.4. The summed E-state index contributed by atoms with van der Waals surface area (Å²) in [6, 6.07) is 0. The molecule has 76 valence electrons. The summed E-state index contributed by atoms with van der Waals surface area (Å²) in [4.78, 5) is 0. The lowest BCUT2D eigenvalue weighted by atomic mass is 10.1. The highest BCUT2D eigenvalue weighted by Gasteiger charge is 2.00. The van der Waals surface area contributed by atoms with Crippen molar-refractivity contribution in [1.29, 1.82) is 0 Å². The van der Waals surface area contributed by atoms with Gasteiger partial charge in [-0.25, -0.2) is 0 Å². The molecule has 0 aromatic carbocycles. The maximum Gasteiger partial charge on any atom is 0.0540 e. The van der Waals surface area contributed by atoms with Gasteiger partial charge in [0.05, 0.1) is 6.10 Å². The fourth-order valence-electron chi connectivity index (χ4n) is 1.31. The van der Waals surface area contributed by atoms with Gasteiger partial charge < -0.3 is 5.11 Å². The molecule has 0 bridgehead atoms. The molecule has 1 unspecified atom stereocenters. The van der Waals surface area contributed by atoms with Crippen LogP contribution in [0.1, 0.15) is 45.4 Å². The van der Waals surface area contributed by atoms with E-state index in [4.69, 9.17) is 0 Å². The first kappa shape index (κ1) is 12.4. The number of rotatable bonds is 8. The third kappa shape index (κ3) is 9.35. The molecule has 0 amide bonds. The van der Waals surface area contributed by atoms with Crippen molar-refractivity contribution >= 4 is 0 Å². The molecule has 1 atom stereocenters. The second-order valence-electron chi connectivity index (χ2n) is 3.39. The molecule has 0 saturated heterocycles. The van der Waals surface area contributed by atoms with Crippen molar-refractivity contribution in [1.82, 2.24) is 0 Å². The minimum Gasteiger partial charge on any atom is -0.393 e. The van der Waals surface area contributed by atoms with Gasteiger partial charge in [-0.05, 0) is 25.7 Å². The van der Waals surface area contributed by atoms with Crippen LogP contribution in [0.5, 0.6) is 0 Å². The van der Waals surface area contributed by atoms with Gasteiger partial charge in [0, 0.05) is 0 Å². The summed E-state index contributed by atoms with van der Waals surface area (Å²) in [5, 5.41) is 9.42. The Bertz CT molecular complexity index is 138. The molecule has 0 aliphatic carbocycles. The maximum atomic E-state index is 9.42. The Kier molecular flexibility index (Phi) is 9.12. The third-order valence-corrected chi connectivity index (χ3v) is 2.05. The maximum absolute atomic E-state index is 9.42. The number of aliphatic hydroxyl groups excluding tert-OH is 1. The van der Waals surface area contributed by atoms with Gasteiger partial charge in [-0.2, -0.15) is 0 Å². The van der Waals surface area contributed by atoms with Crippen LogP contribution in [0.15, 0.2) is 24.8 Å². The number of unbranched alkanes of at least 4 members (excludes halogenated alkanes) is 2. The highest BCUT2D eigenvalue weighted by Crippen LogP contribution is 2.08. The molecule has 0 rings (SSSR count). The van der Waals surface area contributed by atoms with Crippen molar-refractivity contribution in [2.45, 2.75) is 51.6 Å². The topological polar surface area (TPSA) is 20.2 Å². The van der Waals surface area contributed by atoms with Gasteiger partial charge in [0.1, 0.15) is 0 Å². The fraction of sp³-hybridized carbons (Fsp3) is 0.667. The van der Waals surface area contributed by atoms with E-state index in [2.05, 4.69) is 19.6 Å². The minimum absolute atomic E-state index is 0.0756. The van der Waals surface area contributed by atoms with E-state index >= 15 is 0 Å². The monoisotopic (exact) mass is 182 g/mol. The van der Waals surface area contributed by atoms with Crippen LogP contribution < -0.4 is 0 Å². The van der Waals surface area contributed by atoms with E-state index in [1.807, 2.05) is 6.08 Å². The molecule has 1 N–H and O–H groups in total. The molecular formula is C12H22O. The summed E-state index contributed by atoms with van der Waals surface area (Å²) in [5.41, 5.74) is 0. The van der Waals surface area contributed by atoms with E-state index in [0.29, 0.717) is 0 Å². The molecule has 0 heterocycles. The average Bonchev–Trinajstić information content (AvgIpc) is 2.11. The number of hydrogen-bond acceptors (Lipinski definition) is 1. The van der Waals surface area contributed by atoms with Crippen molar-refractivity contribution in [3.63, 3.8) is 0 Å². The highest BCUT2D eigenvalue weighted by atomic mass is 16.3. The standard InChI is InChI=1S/C12H22O/c1-3-5-6-7-8-9-11-12(13)10-4-2/h3,5-6,12-13H,1,4,7-11H2,2H3/b6-5+. The quantitative estimate of drug-likeness (QED) is 0.450. The summed E-state index contributed by atoms with van der Waals surface area (Å²) in [6.07, 6.45) is 12.2. The van der Waals surface area contributed by atoms with Crippen molar-refractivity contribution in [3.05, 3.63) is 24.8 Å². The lowest BCUT2D eigenvalue weighted by molar-refractivity contribution is 0.150. The zero-order valence-electron chi connectivity index (χ0n) is 8.71. The second kappa shape index (κ2) is 9.53. The van der Waals surface area contributed by atoms with E-state index in [9.17, 15) is 5.11 Å². The Morgan fingerprint density at radius 3 is 2.69 bits per heavy atom. The molecule has 0 spiro atoms. The van der Waals surface area contributed by atoms with Gasteiger partial charge in [-0.3, -0.25) is 0 Å². The van der Waals surface area contributed by atoms with Gasteiger partial charge in [0.15, 0.2) is 0 Å². The van der Waals surface area contributed by atoms with Crippen LogP contribution >= 0.6 is 0 Å². The first-order chi connectivity index (χ1) is 6.31. The van der Waals surface area contributed by atoms with Crippen LogP contribution in [-0.4, -0.2) is 11.2 Å². The van der Waals surface area contributed by atoms with Crippen molar-refractivity contribution in [2.75, 3.05) is 0 Å². The lowest BCUT2D eigenvalue weighted by Crippen LogP contribution is -2.04. The van der Waals surface area contributed by atoms with Gasteiger partial charge in [-0.1, -0.05) is 44.6 Å². The Labute approximate surface area is 82.2 Å². The predicted molar refractivity (Wildman–Crippen MR) is 58.7 cm³/mol. The van der Waals surface area contributed by atoms with Crippen molar-refractivity contribution in [3.8, 4) is 0 Å². The summed E-state index contributed by atoms with van der Waals surface area (Å²) in [7, 11) is 0. The number of hydrogen-bond donors (Lipinski definition) is 1. The van der Waals surface area contributed by atoms with E-state index < -0.39 is 0 Å². The highest BCUT2D eigenvalue weighted by molar-refractivity contribution is 4.96. The first-order valence-electron chi connectivity index (χ1n) is 5.26. The Balaban J connectivity index is 3.15. The molecule has 0 fully saturated rings. The van der Waals surface area contributed by atoms with Gasteiger partial charge >= 0.3 is 0 Å². The van der Waals surface area contributed by atoms with Crippen LogP contribution in [0, 0.1) is 0 Å². The average molecular weight is 182 g/mol. The summed E-state index contributed by atoms with van der Waals surface area (Å²) in [6.45, 7) is 5.71. The van der Waals surface area contributed by atoms with Gasteiger partial charge in [0.2, 0.25) is 0 Å². The van der Waals surface area contributed by atoms with E-state index in [1.54, 1.807) is 6.08 Å². The van der Waals surface area contributed by atoms with E-state index in [-0.39, 0.29) is 6.10 Å². The largest absolute Gasteiger partial charge is 0.393 e. The summed E-state index contributed by atoms with van der Waals surface area (Å²) in [5.74, 6) is 0. The predicted octanol–water partition coefficient (Wildman–Crippen LogP) is 3.45. The molecule has 13 heavy (non-hydrogen) atoms. The Morgan fingerprint density at radius 1 is 1.31 bits per heavy atom. The molecule has 0 saturated carbocycles. The van der Waals surface area contributed by atoms with Crippen LogP contribution in [0.3, 0.4) is 0 Å². The van der Waals surface area contributed by atoms with Crippen LogP contribution in [0.4, 0.5) is 0 Å².